The van der Waals surface area contributed by atoms with E-state index < -0.39 is 23.9 Å². The number of nitrogens with one attached hydrogen (secondary N) is 1. The van der Waals surface area contributed by atoms with Gasteiger partial charge in [0, 0.05) is 30.0 Å². The number of nitrogens with two attached hydrogens (primary N) is 2. The molecule has 13 heteroatoms. The predicted molar refractivity (Wildman–Crippen MR) is 129 cm³/mol. The molecule has 2 atom stereocenters. The predicted octanol–water partition coefficient (Wildman–Crippen LogP) is 1.39. The van der Waals surface area contributed by atoms with E-state index in [9.17, 15) is 19.5 Å². The number of rotatable bonds is 9. The fourth-order valence-electron chi connectivity index (χ4n) is 3.26. The summed E-state index contributed by atoms with van der Waals surface area (Å²) in [4.78, 5) is 49.2. The van der Waals surface area contributed by atoms with Gasteiger partial charge in [-0.1, -0.05) is 11.8 Å². The maximum absolute atomic E-state index is 12.4. The Morgan fingerprint density at radius 2 is 1.85 bits per heavy atom. The summed E-state index contributed by atoms with van der Waals surface area (Å²) in [5.41, 5.74) is 14.1. The average Bonchev–Trinajstić information content (AvgIpc) is 2.77. The standard InChI is InChI=1S/C21H25N7O5S/c1-10-14(24-16-17(22)26-21(23)27-19(16)34-10)9-28(2)12-5-3-11(4-6-12)18(31)25-13(20(32)33)7-8-15(29)30/h3-6,10,13H,7-9H2,1-2H3,(H,25,31)(H,29,30)(H,32,33)(H4,22,23,26,27)/t10?,13-/m0/s1. The Balaban J connectivity index is 1.68. The highest BCUT2D eigenvalue weighted by atomic mass is 32.2. The lowest BCUT2D eigenvalue weighted by molar-refractivity contribution is -0.140. The number of carboxylic acids is 2. The third kappa shape index (κ3) is 5.92. The van der Waals surface area contributed by atoms with Crippen molar-refractivity contribution in [1.29, 1.82) is 0 Å². The zero-order valence-electron chi connectivity index (χ0n) is 18.6. The van der Waals surface area contributed by atoms with Crippen LogP contribution in [0.15, 0.2) is 34.3 Å². The van der Waals surface area contributed by atoms with Crippen LogP contribution >= 0.6 is 11.8 Å². The van der Waals surface area contributed by atoms with Gasteiger partial charge >= 0.3 is 11.9 Å². The number of hydrogen-bond donors (Lipinski definition) is 5. The summed E-state index contributed by atoms with van der Waals surface area (Å²) in [5, 5.41) is 21.0. The molecule has 1 aromatic heterocycles. The monoisotopic (exact) mass is 487 g/mol. The molecule has 0 saturated carbocycles. The van der Waals surface area contributed by atoms with Gasteiger partial charge in [-0.05, 0) is 37.6 Å². The molecule has 1 aliphatic heterocycles. The van der Waals surface area contributed by atoms with E-state index >= 15 is 0 Å². The number of thioether (sulfide) groups is 1. The first kappa shape index (κ1) is 24.8. The van der Waals surface area contributed by atoms with Crippen LogP contribution in [-0.2, 0) is 9.59 Å². The first-order valence-corrected chi connectivity index (χ1v) is 11.2. The molecule has 2 aromatic rings. The summed E-state index contributed by atoms with van der Waals surface area (Å²) in [7, 11) is 1.87. The Morgan fingerprint density at radius 3 is 2.47 bits per heavy atom. The summed E-state index contributed by atoms with van der Waals surface area (Å²) in [6.45, 7) is 2.49. The molecule has 0 spiro atoms. The molecule has 2 heterocycles. The van der Waals surface area contributed by atoms with Crippen molar-refractivity contribution < 1.29 is 24.6 Å². The highest BCUT2D eigenvalue weighted by Crippen LogP contribution is 2.39. The molecule has 3 rings (SSSR count). The maximum atomic E-state index is 12.4. The van der Waals surface area contributed by atoms with Gasteiger partial charge < -0.3 is 31.9 Å². The number of nitrogens with zero attached hydrogens (tertiary/aromatic N) is 4. The van der Waals surface area contributed by atoms with Gasteiger partial charge in [0.05, 0.1) is 12.3 Å². The lowest BCUT2D eigenvalue weighted by Gasteiger charge is -2.26. The molecule has 7 N–H and O–H groups in total. The summed E-state index contributed by atoms with van der Waals surface area (Å²) >= 11 is 1.50. The van der Waals surface area contributed by atoms with Crippen LogP contribution < -0.4 is 21.7 Å². The lowest BCUT2D eigenvalue weighted by Crippen LogP contribution is -2.41. The Bertz CT molecular complexity index is 1140. The van der Waals surface area contributed by atoms with Crippen LogP contribution in [0.4, 0.5) is 23.1 Å². The molecule has 1 aliphatic rings. The van der Waals surface area contributed by atoms with Gasteiger partial charge in [0.25, 0.3) is 5.91 Å². The molecule has 0 radical (unpaired) electrons. The highest BCUT2D eigenvalue weighted by molar-refractivity contribution is 8.00. The van der Waals surface area contributed by atoms with Crippen LogP contribution in [0.5, 0.6) is 0 Å². The first-order chi connectivity index (χ1) is 16.0. The summed E-state index contributed by atoms with van der Waals surface area (Å²) in [6.07, 6.45) is -0.571. The van der Waals surface area contributed by atoms with E-state index in [2.05, 4.69) is 20.3 Å². The molecule has 180 valence electrons. The fourth-order valence-corrected chi connectivity index (χ4v) is 4.26. The molecular weight excluding hydrogens is 462 g/mol. The maximum Gasteiger partial charge on any atom is 0.326 e. The second kappa shape index (κ2) is 10.4. The Morgan fingerprint density at radius 1 is 1.18 bits per heavy atom. The second-order valence-corrected chi connectivity index (χ2v) is 9.01. The van der Waals surface area contributed by atoms with E-state index in [-0.39, 0.29) is 35.4 Å². The van der Waals surface area contributed by atoms with Gasteiger partial charge in [0.1, 0.15) is 16.8 Å². The third-order valence-electron chi connectivity index (χ3n) is 5.13. The molecule has 0 saturated heterocycles. The molecule has 1 amide bonds. The van der Waals surface area contributed by atoms with Crippen LogP contribution in [0.25, 0.3) is 0 Å². The van der Waals surface area contributed by atoms with Crippen molar-refractivity contribution in [3.8, 4) is 0 Å². The number of hydrogen-bond acceptors (Lipinski definition) is 10. The van der Waals surface area contributed by atoms with Crippen molar-refractivity contribution in [3.05, 3.63) is 29.8 Å². The molecular formula is C21H25N7O5S. The number of aromatic nitrogens is 2. The van der Waals surface area contributed by atoms with E-state index in [0.717, 1.165) is 11.4 Å². The lowest BCUT2D eigenvalue weighted by atomic mass is 10.1. The van der Waals surface area contributed by atoms with Crippen molar-refractivity contribution in [1.82, 2.24) is 15.3 Å². The Hall–Kier alpha value is -3.87. The van der Waals surface area contributed by atoms with Gasteiger partial charge in [-0.3, -0.25) is 9.59 Å². The number of aliphatic imine (C=N–C) groups is 1. The minimum absolute atomic E-state index is 0.0347. The summed E-state index contributed by atoms with van der Waals surface area (Å²) < 4.78 is 0. The number of carboxylic acid groups (broad SMARTS) is 2. The van der Waals surface area contributed by atoms with Gasteiger partial charge in [-0.2, -0.15) is 4.98 Å². The zero-order chi connectivity index (χ0) is 25.0. The Labute approximate surface area is 199 Å². The van der Waals surface area contributed by atoms with E-state index in [0.29, 0.717) is 17.3 Å². The minimum Gasteiger partial charge on any atom is -0.481 e. The first-order valence-electron chi connectivity index (χ1n) is 10.3. The van der Waals surface area contributed by atoms with Gasteiger partial charge in [0.15, 0.2) is 5.82 Å². The Kier molecular flexibility index (Phi) is 7.56. The van der Waals surface area contributed by atoms with Crippen LogP contribution in [-0.4, -0.2) is 68.6 Å². The SMILES string of the molecule is CC1Sc2nc(N)nc(N)c2N=C1CN(C)c1ccc(C(=O)N[C@@H](CCC(=O)O)C(=O)O)cc1. The van der Waals surface area contributed by atoms with Crippen LogP contribution in [0.1, 0.15) is 30.1 Å². The smallest absolute Gasteiger partial charge is 0.326 e. The van der Waals surface area contributed by atoms with Crippen molar-refractivity contribution in [2.24, 2.45) is 4.99 Å². The minimum atomic E-state index is -1.29. The van der Waals surface area contributed by atoms with E-state index in [4.69, 9.17) is 16.6 Å². The van der Waals surface area contributed by atoms with Crippen LogP contribution in [0.3, 0.4) is 0 Å². The number of benzene rings is 1. The van der Waals surface area contributed by atoms with Gasteiger partial charge in [0.2, 0.25) is 5.95 Å². The molecule has 0 aliphatic carbocycles. The molecule has 12 nitrogen and oxygen atoms in total. The average molecular weight is 488 g/mol. The number of anilines is 3. The molecule has 0 bridgehead atoms. The third-order valence-corrected chi connectivity index (χ3v) is 6.26. The van der Waals surface area contributed by atoms with Crippen molar-refractivity contribution in [2.75, 3.05) is 30.0 Å². The summed E-state index contributed by atoms with van der Waals surface area (Å²) in [5.74, 6) is -2.69. The van der Waals surface area contributed by atoms with Crippen molar-refractivity contribution in [3.63, 3.8) is 0 Å². The number of nitrogen functional groups attached to an aromatic ring is 2. The molecule has 1 aromatic carbocycles. The van der Waals surface area contributed by atoms with E-state index in [1.807, 2.05) is 18.9 Å². The molecule has 0 fully saturated rings. The molecule has 1 unspecified atom stereocenters. The topological polar surface area (TPSA) is 197 Å². The number of amides is 1. The number of aliphatic carboxylic acids is 2. The normalized spacial score (nSPS) is 15.6. The molecule has 34 heavy (non-hydrogen) atoms. The fraction of sp³-hybridized carbons (Fsp3) is 0.333. The zero-order valence-corrected chi connectivity index (χ0v) is 19.4. The van der Waals surface area contributed by atoms with Gasteiger partial charge in [-0.15, -0.1) is 0 Å². The van der Waals surface area contributed by atoms with E-state index in [1.54, 1.807) is 24.3 Å². The van der Waals surface area contributed by atoms with Crippen LogP contribution in [0, 0.1) is 0 Å². The number of carbonyl (C=O) groups is 3. The van der Waals surface area contributed by atoms with Crippen molar-refractivity contribution >= 4 is 58.5 Å². The number of fused-ring (bicyclic) bond motifs is 1. The highest BCUT2D eigenvalue weighted by Gasteiger charge is 2.25. The van der Waals surface area contributed by atoms with Gasteiger partial charge in [-0.25, -0.2) is 14.8 Å². The summed E-state index contributed by atoms with van der Waals surface area (Å²) in [6, 6.07) is 5.32. The number of carbonyl (C=O) groups excluding carboxylic acids is 1. The van der Waals surface area contributed by atoms with Crippen LogP contribution in [0.2, 0.25) is 0 Å². The quantitative estimate of drug-likeness (QED) is 0.320. The van der Waals surface area contributed by atoms with Crippen molar-refractivity contribution in [2.45, 2.75) is 36.1 Å². The van der Waals surface area contributed by atoms with E-state index in [1.165, 1.54) is 11.8 Å². The second-order valence-electron chi connectivity index (χ2n) is 7.68. The largest absolute Gasteiger partial charge is 0.481 e.